The number of likely N-dealkylation sites (N-methyl/N-ethyl adjacent to an activating group) is 1. The molecule has 0 N–H and O–H groups in total. The van der Waals surface area contributed by atoms with Crippen LogP contribution in [0, 0.1) is 0 Å². The average Bonchev–Trinajstić information content (AvgIpc) is 2.45. The van der Waals surface area contributed by atoms with Gasteiger partial charge in [-0.15, -0.1) is 0 Å². The molecule has 1 unspecified atom stereocenters. The monoisotopic (exact) mass is 292 g/mol. The summed E-state index contributed by atoms with van der Waals surface area (Å²) in [7, 11) is 8.09. The smallest absolute Gasteiger partial charge is 0.338 e. The third kappa shape index (κ3) is 5.86. The van der Waals surface area contributed by atoms with E-state index < -0.39 is 5.60 Å². The zero-order valence-electron chi connectivity index (χ0n) is 13.9. The predicted molar refractivity (Wildman–Crippen MR) is 86.6 cm³/mol. The molecule has 1 aromatic rings. The number of nitrogens with zero attached hydrogens (tertiary/aromatic N) is 2. The van der Waals surface area contributed by atoms with Crippen molar-refractivity contribution >= 4 is 5.97 Å². The Morgan fingerprint density at radius 2 is 1.71 bits per heavy atom. The number of hydrogen-bond acceptors (Lipinski definition) is 4. The van der Waals surface area contributed by atoms with E-state index in [1.54, 1.807) is 12.1 Å². The van der Waals surface area contributed by atoms with Gasteiger partial charge >= 0.3 is 5.97 Å². The van der Waals surface area contributed by atoms with E-state index in [-0.39, 0.29) is 5.97 Å². The molecule has 0 amide bonds. The second-order valence-electron chi connectivity index (χ2n) is 6.08. The molecule has 1 aromatic carbocycles. The van der Waals surface area contributed by atoms with Crippen molar-refractivity contribution in [2.45, 2.75) is 25.4 Å². The van der Waals surface area contributed by atoms with Crippen LogP contribution in [0.25, 0.3) is 0 Å². The molecule has 1 rings (SSSR count). The van der Waals surface area contributed by atoms with Crippen LogP contribution < -0.4 is 0 Å². The van der Waals surface area contributed by atoms with E-state index in [9.17, 15) is 4.79 Å². The number of carbonyl (C=O) groups is 1. The molecule has 0 aliphatic carbocycles. The van der Waals surface area contributed by atoms with Crippen LogP contribution in [-0.2, 0) is 4.74 Å². The lowest BCUT2D eigenvalue weighted by molar-refractivity contribution is -0.0393. The maximum absolute atomic E-state index is 12.4. The second-order valence-corrected chi connectivity index (χ2v) is 6.08. The fourth-order valence-electron chi connectivity index (χ4n) is 2.36. The first-order valence-electron chi connectivity index (χ1n) is 7.46. The zero-order valence-corrected chi connectivity index (χ0v) is 13.9. The highest BCUT2D eigenvalue weighted by atomic mass is 16.6. The number of esters is 1. The number of hydrogen-bond donors (Lipinski definition) is 0. The van der Waals surface area contributed by atoms with Gasteiger partial charge in [-0.1, -0.05) is 25.1 Å². The van der Waals surface area contributed by atoms with Crippen LogP contribution in [0.3, 0.4) is 0 Å². The molecule has 0 heterocycles. The summed E-state index contributed by atoms with van der Waals surface area (Å²) in [5.41, 5.74) is 0.166. The third-order valence-electron chi connectivity index (χ3n) is 3.58. The van der Waals surface area contributed by atoms with Crippen LogP contribution in [0.1, 0.15) is 30.1 Å². The van der Waals surface area contributed by atoms with Gasteiger partial charge in [0.25, 0.3) is 0 Å². The normalized spacial score (nSPS) is 14.2. The minimum absolute atomic E-state index is 0.238. The standard InChI is InChI=1S/C17H28N2O2/c1-6-17(14-19(4)5,12-13-18(2)3)21-16(20)15-10-8-7-9-11-15/h7-11H,6,12-14H2,1-5H3. The molecule has 4 heteroatoms. The van der Waals surface area contributed by atoms with Gasteiger partial charge in [-0.3, -0.25) is 0 Å². The van der Waals surface area contributed by atoms with Gasteiger partial charge < -0.3 is 14.5 Å². The summed E-state index contributed by atoms with van der Waals surface area (Å²) in [4.78, 5) is 16.6. The molecule has 21 heavy (non-hydrogen) atoms. The first-order chi connectivity index (χ1) is 9.88. The summed E-state index contributed by atoms with van der Waals surface area (Å²) in [6.45, 7) is 3.71. The molecular weight excluding hydrogens is 264 g/mol. The molecule has 118 valence electrons. The van der Waals surface area contributed by atoms with Gasteiger partial charge in [-0.2, -0.15) is 0 Å². The van der Waals surface area contributed by atoms with Crippen LogP contribution in [0.5, 0.6) is 0 Å². The lowest BCUT2D eigenvalue weighted by Gasteiger charge is -2.36. The van der Waals surface area contributed by atoms with Crippen LogP contribution in [0.4, 0.5) is 0 Å². The fourth-order valence-corrected chi connectivity index (χ4v) is 2.36. The summed E-state index contributed by atoms with van der Waals surface area (Å²) in [6, 6.07) is 9.20. The average molecular weight is 292 g/mol. The van der Waals surface area contributed by atoms with Crippen LogP contribution in [0.15, 0.2) is 30.3 Å². The third-order valence-corrected chi connectivity index (χ3v) is 3.58. The Labute approximate surface area is 128 Å². The Morgan fingerprint density at radius 1 is 1.10 bits per heavy atom. The highest BCUT2D eigenvalue weighted by molar-refractivity contribution is 5.89. The van der Waals surface area contributed by atoms with Crippen molar-refractivity contribution in [1.29, 1.82) is 0 Å². The van der Waals surface area contributed by atoms with Crippen molar-refractivity contribution in [3.63, 3.8) is 0 Å². The lowest BCUT2D eigenvalue weighted by atomic mass is 9.95. The number of rotatable bonds is 8. The highest BCUT2D eigenvalue weighted by Crippen LogP contribution is 2.24. The number of carbonyl (C=O) groups excluding carboxylic acids is 1. The lowest BCUT2D eigenvalue weighted by Crippen LogP contribution is -2.45. The van der Waals surface area contributed by atoms with E-state index in [1.165, 1.54) is 0 Å². The van der Waals surface area contributed by atoms with Crippen LogP contribution >= 0.6 is 0 Å². The molecule has 0 aliphatic rings. The minimum atomic E-state index is -0.444. The Morgan fingerprint density at radius 3 is 2.19 bits per heavy atom. The fraction of sp³-hybridized carbons (Fsp3) is 0.588. The maximum atomic E-state index is 12.4. The van der Waals surface area contributed by atoms with Gasteiger partial charge in [0.2, 0.25) is 0 Å². The number of benzene rings is 1. The topological polar surface area (TPSA) is 32.8 Å². The molecule has 1 atom stereocenters. The first-order valence-corrected chi connectivity index (χ1v) is 7.46. The maximum Gasteiger partial charge on any atom is 0.338 e. The van der Waals surface area contributed by atoms with E-state index >= 15 is 0 Å². The van der Waals surface area contributed by atoms with Crippen LogP contribution in [0.2, 0.25) is 0 Å². The van der Waals surface area contributed by atoms with Crippen LogP contribution in [-0.4, -0.2) is 62.7 Å². The molecule has 0 aliphatic heterocycles. The molecule has 0 aromatic heterocycles. The molecule has 0 bridgehead atoms. The molecule has 0 fully saturated rings. The zero-order chi connectivity index (χ0) is 15.9. The van der Waals surface area contributed by atoms with E-state index in [4.69, 9.17) is 4.74 Å². The molecule has 0 spiro atoms. The van der Waals surface area contributed by atoms with E-state index in [0.29, 0.717) is 5.56 Å². The predicted octanol–water partition coefficient (Wildman–Crippen LogP) is 2.51. The molecule has 0 radical (unpaired) electrons. The Hall–Kier alpha value is -1.39. The van der Waals surface area contributed by atoms with Gasteiger partial charge in [-0.05, 0) is 46.7 Å². The summed E-state index contributed by atoms with van der Waals surface area (Å²) in [5.74, 6) is -0.238. The van der Waals surface area contributed by atoms with Gasteiger partial charge in [0.05, 0.1) is 5.56 Å². The summed E-state index contributed by atoms with van der Waals surface area (Å²) in [5, 5.41) is 0. The quantitative estimate of drug-likeness (QED) is 0.689. The van der Waals surface area contributed by atoms with Gasteiger partial charge in [0.1, 0.15) is 5.60 Å². The van der Waals surface area contributed by atoms with Crippen molar-refractivity contribution < 1.29 is 9.53 Å². The molecule has 0 saturated carbocycles. The van der Waals surface area contributed by atoms with Crippen molar-refractivity contribution in [3.05, 3.63) is 35.9 Å². The van der Waals surface area contributed by atoms with Crippen molar-refractivity contribution in [1.82, 2.24) is 9.80 Å². The van der Waals surface area contributed by atoms with Crippen molar-refractivity contribution in [3.8, 4) is 0 Å². The summed E-state index contributed by atoms with van der Waals surface area (Å²) in [6.07, 6.45) is 1.63. The highest BCUT2D eigenvalue weighted by Gasteiger charge is 2.33. The second kappa shape index (κ2) is 8.15. The van der Waals surface area contributed by atoms with E-state index in [2.05, 4.69) is 16.7 Å². The van der Waals surface area contributed by atoms with E-state index in [1.807, 2.05) is 46.4 Å². The van der Waals surface area contributed by atoms with Gasteiger partial charge in [0, 0.05) is 19.5 Å². The largest absolute Gasteiger partial charge is 0.454 e. The van der Waals surface area contributed by atoms with E-state index in [0.717, 1.165) is 25.9 Å². The Balaban J connectivity index is 2.86. The molecule has 4 nitrogen and oxygen atoms in total. The minimum Gasteiger partial charge on any atom is -0.454 e. The molecule has 0 saturated heterocycles. The van der Waals surface area contributed by atoms with Crippen molar-refractivity contribution in [2.75, 3.05) is 41.3 Å². The Kier molecular flexibility index (Phi) is 6.85. The molecular formula is C17H28N2O2. The van der Waals surface area contributed by atoms with Gasteiger partial charge in [0.15, 0.2) is 0 Å². The van der Waals surface area contributed by atoms with Gasteiger partial charge in [-0.25, -0.2) is 4.79 Å². The SMILES string of the molecule is CCC(CCN(C)C)(CN(C)C)OC(=O)c1ccccc1. The van der Waals surface area contributed by atoms with Crippen molar-refractivity contribution in [2.24, 2.45) is 0 Å². The summed E-state index contributed by atoms with van der Waals surface area (Å²) >= 11 is 0. The Bertz CT molecular complexity index is 432. The first kappa shape index (κ1) is 17.7. The summed E-state index contributed by atoms with van der Waals surface area (Å²) < 4.78 is 5.93. The number of ether oxygens (including phenoxy) is 1.